The van der Waals surface area contributed by atoms with E-state index in [9.17, 15) is 13.2 Å². The standard InChI is InChI=1S/C19H24F3N3O.HI/c1-3-26-17-9-12-25(13-10-17)18(23-2)24-11-5-7-15-6-4-8-16(14-15)19(20,21)22;/h4,6,8,14,17H,3,9-13H2,1-2H3,(H,23,24);1H. The van der Waals surface area contributed by atoms with Crippen LogP contribution in [0.4, 0.5) is 13.2 Å². The molecular formula is C19H25F3IN3O. The van der Waals surface area contributed by atoms with Crippen molar-refractivity contribution in [3.05, 3.63) is 35.4 Å². The number of rotatable bonds is 3. The molecule has 1 aromatic carbocycles. The third kappa shape index (κ3) is 7.58. The summed E-state index contributed by atoms with van der Waals surface area (Å²) >= 11 is 0. The molecule has 1 saturated heterocycles. The van der Waals surface area contributed by atoms with Gasteiger partial charge in [-0.2, -0.15) is 13.2 Å². The molecule has 4 nitrogen and oxygen atoms in total. The molecule has 1 aliphatic rings. The highest BCUT2D eigenvalue weighted by Gasteiger charge is 2.30. The number of benzene rings is 1. The molecule has 2 rings (SSSR count). The van der Waals surface area contributed by atoms with E-state index in [2.05, 4.69) is 27.0 Å². The Kier molecular flexibility index (Phi) is 9.94. The highest BCUT2D eigenvalue weighted by atomic mass is 127. The highest BCUT2D eigenvalue weighted by Crippen LogP contribution is 2.29. The summed E-state index contributed by atoms with van der Waals surface area (Å²) in [6.07, 6.45) is -2.16. The second-order valence-electron chi connectivity index (χ2n) is 5.92. The zero-order chi connectivity index (χ0) is 19.0. The lowest BCUT2D eigenvalue weighted by Gasteiger charge is -2.33. The topological polar surface area (TPSA) is 36.9 Å². The molecule has 1 aliphatic heterocycles. The monoisotopic (exact) mass is 495 g/mol. The second kappa shape index (κ2) is 11.4. The third-order valence-electron chi connectivity index (χ3n) is 4.11. The number of halogens is 4. The molecule has 0 aliphatic carbocycles. The maximum Gasteiger partial charge on any atom is 0.416 e. The number of nitrogens with zero attached hydrogens (tertiary/aromatic N) is 2. The Labute approximate surface area is 175 Å². The van der Waals surface area contributed by atoms with Gasteiger partial charge in [0.15, 0.2) is 5.96 Å². The zero-order valence-electron chi connectivity index (χ0n) is 15.5. The number of hydrogen-bond acceptors (Lipinski definition) is 2. The summed E-state index contributed by atoms with van der Waals surface area (Å²) in [5, 5.41) is 3.14. The molecule has 1 fully saturated rings. The molecule has 0 radical (unpaired) electrons. The number of ether oxygens (including phenoxy) is 1. The average Bonchev–Trinajstić information content (AvgIpc) is 2.63. The maximum atomic E-state index is 12.7. The Hall–Kier alpha value is -1.47. The van der Waals surface area contributed by atoms with Gasteiger partial charge in [0.25, 0.3) is 0 Å². The number of guanidine groups is 1. The minimum atomic E-state index is -4.36. The fourth-order valence-electron chi connectivity index (χ4n) is 2.85. The summed E-state index contributed by atoms with van der Waals surface area (Å²) in [5.41, 5.74) is -0.348. The molecule has 1 heterocycles. The predicted molar refractivity (Wildman–Crippen MR) is 111 cm³/mol. The Bertz CT molecular complexity index is 675. The lowest BCUT2D eigenvalue weighted by Crippen LogP contribution is -2.47. The number of piperidine rings is 1. The molecule has 8 heteroatoms. The average molecular weight is 495 g/mol. The van der Waals surface area contributed by atoms with Crippen LogP contribution in [0.3, 0.4) is 0 Å². The summed E-state index contributed by atoms with van der Waals surface area (Å²) in [5.74, 6) is 6.36. The van der Waals surface area contributed by atoms with Crippen LogP contribution in [-0.4, -0.2) is 50.3 Å². The third-order valence-corrected chi connectivity index (χ3v) is 4.11. The van der Waals surface area contributed by atoms with Crippen LogP contribution in [0.2, 0.25) is 0 Å². The van der Waals surface area contributed by atoms with Gasteiger partial charge in [0, 0.05) is 32.3 Å². The van der Waals surface area contributed by atoms with E-state index in [1.807, 2.05) is 6.92 Å². The molecule has 0 amide bonds. The molecule has 0 saturated carbocycles. The Morgan fingerprint density at radius 3 is 2.63 bits per heavy atom. The van der Waals surface area contributed by atoms with E-state index in [4.69, 9.17) is 4.74 Å². The smallest absolute Gasteiger partial charge is 0.378 e. The van der Waals surface area contributed by atoms with Gasteiger partial charge in [0.05, 0.1) is 18.2 Å². The van der Waals surface area contributed by atoms with Gasteiger partial charge in [-0.3, -0.25) is 4.99 Å². The van der Waals surface area contributed by atoms with E-state index >= 15 is 0 Å². The Morgan fingerprint density at radius 1 is 1.33 bits per heavy atom. The summed E-state index contributed by atoms with van der Waals surface area (Å²) in [7, 11) is 1.71. The highest BCUT2D eigenvalue weighted by molar-refractivity contribution is 14.0. The van der Waals surface area contributed by atoms with Crippen molar-refractivity contribution in [1.82, 2.24) is 10.2 Å². The first kappa shape index (κ1) is 23.6. The molecule has 0 unspecified atom stereocenters. The van der Waals surface area contributed by atoms with Crippen molar-refractivity contribution in [2.75, 3.05) is 33.3 Å². The van der Waals surface area contributed by atoms with Crippen LogP contribution in [0.5, 0.6) is 0 Å². The summed E-state index contributed by atoms with van der Waals surface area (Å²) < 4.78 is 43.7. The van der Waals surface area contributed by atoms with Crippen LogP contribution < -0.4 is 5.32 Å². The van der Waals surface area contributed by atoms with Crippen LogP contribution in [0, 0.1) is 11.8 Å². The van der Waals surface area contributed by atoms with Gasteiger partial charge >= 0.3 is 6.18 Å². The summed E-state index contributed by atoms with van der Waals surface area (Å²) in [4.78, 5) is 6.39. The molecule has 0 spiro atoms. The van der Waals surface area contributed by atoms with Gasteiger partial charge in [-0.05, 0) is 38.0 Å². The number of alkyl halides is 3. The fraction of sp³-hybridized carbons (Fsp3) is 0.526. The predicted octanol–water partition coefficient (Wildman–Crippen LogP) is 3.75. The van der Waals surface area contributed by atoms with Gasteiger partial charge in [-0.15, -0.1) is 24.0 Å². The van der Waals surface area contributed by atoms with E-state index in [0.29, 0.717) is 18.2 Å². The van der Waals surface area contributed by atoms with Crippen molar-refractivity contribution < 1.29 is 17.9 Å². The van der Waals surface area contributed by atoms with E-state index in [0.717, 1.165) is 50.6 Å². The van der Waals surface area contributed by atoms with Crippen molar-refractivity contribution in [2.24, 2.45) is 4.99 Å². The fourth-order valence-corrected chi connectivity index (χ4v) is 2.85. The zero-order valence-corrected chi connectivity index (χ0v) is 17.8. The summed E-state index contributed by atoms with van der Waals surface area (Å²) in [6.45, 7) is 4.74. The maximum absolute atomic E-state index is 12.7. The molecule has 0 aromatic heterocycles. The van der Waals surface area contributed by atoms with E-state index in [1.54, 1.807) is 13.1 Å². The van der Waals surface area contributed by atoms with Gasteiger partial charge in [0.2, 0.25) is 0 Å². The lowest BCUT2D eigenvalue weighted by molar-refractivity contribution is -0.137. The first-order chi connectivity index (χ1) is 12.4. The van der Waals surface area contributed by atoms with Crippen LogP contribution in [-0.2, 0) is 10.9 Å². The molecule has 1 aromatic rings. The van der Waals surface area contributed by atoms with E-state index < -0.39 is 11.7 Å². The summed E-state index contributed by atoms with van der Waals surface area (Å²) in [6, 6.07) is 5.02. The van der Waals surface area contributed by atoms with Crippen LogP contribution in [0.15, 0.2) is 29.3 Å². The number of likely N-dealkylation sites (tertiary alicyclic amines) is 1. The molecule has 0 atom stereocenters. The molecule has 0 bridgehead atoms. The molecular weight excluding hydrogens is 470 g/mol. The van der Waals surface area contributed by atoms with Crippen LogP contribution in [0.25, 0.3) is 0 Å². The number of nitrogens with one attached hydrogen (secondary N) is 1. The molecule has 150 valence electrons. The van der Waals surface area contributed by atoms with Gasteiger partial charge in [0.1, 0.15) is 0 Å². The van der Waals surface area contributed by atoms with Crippen molar-refractivity contribution in [2.45, 2.75) is 32.0 Å². The quantitative estimate of drug-likeness (QED) is 0.301. The van der Waals surface area contributed by atoms with Crippen molar-refractivity contribution in [3.63, 3.8) is 0 Å². The van der Waals surface area contributed by atoms with E-state index in [1.165, 1.54) is 6.07 Å². The first-order valence-corrected chi connectivity index (χ1v) is 8.67. The minimum Gasteiger partial charge on any atom is -0.378 e. The van der Waals surface area contributed by atoms with Crippen molar-refractivity contribution in [1.29, 1.82) is 0 Å². The SMILES string of the molecule is CCOC1CCN(C(=NC)NCC#Cc2cccc(C(F)(F)F)c2)CC1.I. The lowest BCUT2D eigenvalue weighted by atomic mass is 10.1. The Morgan fingerprint density at radius 2 is 2.04 bits per heavy atom. The molecule has 27 heavy (non-hydrogen) atoms. The van der Waals surface area contributed by atoms with Crippen LogP contribution >= 0.6 is 24.0 Å². The molecule has 1 N–H and O–H groups in total. The number of aliphatic imine (C=N–C) groups is 1. The van der Waals surface area contributed by atoms with E-state index in [-0.39, 0.29) is 24.0 Å². The van der Waals surface area contributed by atoms with Crippen molar-refractivity contribution >= 4 is 29.9 Å². The Balaban J connectivity index is 0.00000364. The second-order valence-corrected chi connectivity index (χ2v) is 5.92. The normalized spacial score (nSPS) is 15.6. The van der Waals surface area contributed by atoms with Crippen molar-refractivity contribution in [3.8, 4) is 11.8 Å². The van der Waals surface area contributed by atoms with Crippen LogP contribution in [0.1, 0.15) is 30.9 Å². The first-order valence-electron chi connectivity index (χ1n) is 8.67. The van der Waals surface area contributed by atoms with Gasteiger partial charge in [-0.1, -0.05) is 17.9 Å². The van der Waals surface area contributed by atoms with Gasteiger partial charge < -0.3 is 15.0 Å². The van der Waals surface area contributed by atoms with Gasteiger partial charge in [-0.25, -0.2) is 0 Å². The number of hydrogen-bond donors (Lipinski definition) is 1. The minimum absolute atomic E-state index is 0. The largest absolute Gasteiger partial charge is 0.416 e.